The van der Waals surface area contributed by atoms with Crippen LogP contribution in [0.1, 0.15) is 23.2 Å². The van der Waals surface area contributed by atoms with E-state index in [2.05, 4.69) is 10.1 Å². The number of esters is 1. The first-order valence-corrected chi connectivity index (χ1v) is 6.47. The molecular formula is C15H16FNO4. The first-order valence-electron chi connectivity index (χ1n) is 6.47. The molecule has 0 aliphatic carbocycles. The summed E-state index contributed by atoms with van der Waals surface area (Å²) >= 11 is 0. The van der Waals surface area contributed by atoms with Crippen molar-refractivity contribution in [3.05, 3.63) is 47.7 Å². The summed E-state index contributed by atoms with van der Waals surface area (Å²) in [7, 11) is 1.29. The molecule has 2 aromatic rings. The van der Waals surface area contributed by atoms with E-state index in [9.17, 15) is 9.18 Å². The van der Waals surface area contributed by atoms with Gasteiger partial charge in [0.25, 0.3) is 0 Å². The number of rotatable bonds is 6. The van der Waals surface area contributed by atoms with Crippen molar-refractivity contribution in [1.82, 2.24) is 0 Å². The number of halogens is 1. The van der Waals surface area contributed by atoms with Crippen LogP contribution in [-0.4, -0.2) is 19.7 Å². The lowest BCUT2D eigenvalue weighted by Gasteiger charge is -2.11. The zero-order valence-electron chi connectivity index (χ0n) is 11.8. The highest BCUT2D eigenvalue weighted by Crippen LogP contribution is 2.26. The number of hydrogen-bond acceptors (Lipinski definition) is 5. The molecule has 0 aliphatic heterocycles. The Morgan fingerprint density at radius 3 is 2.86 bits per heavy atom. The maximum atomic E-state index is 13.2. The third-order valence-electron chi connectivity index (χ3n) is 2.74. The molecule has 1 N–H and O–H groups in total. The molecule has 1 aromatic heterocycles. The first kappa shape index (κ1) is 14.9. The molecular weight excluding hydrogens is 277 g/mol. The average Bonchev–Trinajstić information content (AvgIpc) is 2.95. The Kier molecular flexibility index (Phi) is 4.81. The smallest absolute Gasteiger partial charge is 0.373 e. The summed E-state index contributed by atoms with van der Waals surface area (Å²) in [6.07, 6.45) is 0. The van der Waals surface area contributed by atoms with Gasteiger partial charge in [0.1, 0.15) is 17.3 Å². The zero-order valence-corrected chi connectivity index (χ0v) is 11.8. The van der Waals surface area contributed by atoms with E-state index in [0.29, 0.717) is 30.3 Å². The number of methoxy groups -OCH3 is 1. The summed E-state index contributed by atoms with van der Waals surface area (Å²) in [5.41, 5.74) is 0.647. The molecule has 1 heterocycles. The van der Waals surface area contributed by atoms with Crippen molar-refractivity contribution < 1.29 is 23.1 Å². The molecule has 0 saturated heterocycles. The van der Waals surface area contributed by atoms with Crippen LogP contribution < -0.4 is 10.1 Å². The van der Waals surface area contributed by atoms with Crippen LogP contribution in [0.5, 0.6) is 5.75 Å². The molecule has 0 saturated carbocycles. The molecule has 5 nitrogen and oxygen atoms in total. The molecule has 0 atom stereocenters. The minimum absolute atomic E-state index is 0.137. The van der Waals surface area contributed by atoms with Crippen molar-refractivity contribution in [3.8, 4) is 5.75 Å². The molecule has 0 unspecified atom stereocenters. The van der Waals surface area contributed by atoms with E-state index in [1.165, 1.54) is 25.3 Å². The quantitative estimate of drug-likeness (QED) is 0.829. The number of carbonyl (C=O) groups is 1. The second-order valence-corrected chi connectivity index (χ2v) is 4.18. The van der Waals surface area contributed by atoms with Crippen LogP contribution >= 0.6 is 0 Å². The Labute approximate surface area is 121 Å². The highest BCUT2D eigenvalue weighted by Gasteiger charge is 2.11. The minimum Gasteiger partial charge on any atom is -0.492 e. The highest BCUT2D eigenvalue weighted by atomic mass is 19.1. The standard InChI is InChI=1S/C15H16FNO4/c1-3-20-14-8-10(16)4-6-12(14)17-9-11-5-7-13(21-11)15(18)19-2/h4-8,17H,3,9H2,1-2H3. The molecule has 112 valence electrons. The van der Waals surface area contributed by atoms with E-state index in [4.69, 9.17) is 9.15 Å². The lowest BCUT2D eigenvalue weighted by molar-refractivity contribution is 0.0563. The molecule has 6 heteroatoms. The normalized spacial score (nSPS) is 10.2. The maximum Gasteiger partial charge on any atom is 0.373 e. The van der Waals surface area contributed by atoms with E-state index >= 15 is 0 Å². The Hall–Kier alpha value is -2.50. The Bertz CT molecular complexity index is 624. The SMILES string of the molecule is CCOc1cc(F)ccc1NCc1ccc(C(=O)OC)o1. The Morgan fingerprint density at radius 2 is 2.14 bits per heavy atom. The monoisotopic (exact) mass is 293 g/mol. The summed E-state index contributed by atoms with van der Waals surface area (Å²) in [4.78, 5) is 11.3. The fourth-order valence-corrected chi connectivity index (χ4v) is 1.78. The summed E-state index contributed by atoms with van der Waals surface area (Å²) in [5, 5.41) is 3.07. The van der Waals surface area contributed by atoms with Gasteiger partial charge >= 0.3 is 5.97 Å². The first-order chi connectivity index (χ1) is 10.1. The van der Waals surface area contributed by atoms with Crippen LogP contribution in [0.4, 0.5) is 10.1 Å². The van der Waals surface area contributed by atoms with Gasteiger partial charge in [-0.05, 0) is 31.2 Å². The van der Waals surface area contributed by atoms with Crippen molar-refractivity contribution in [2.24, 2.45) is 0 Å². The minimum atomic E-state index is -0.530. The molecule has 0 fully saturated rings. The van der Waals surface area contributed by atoms with Gasteiger partial charge < -0.3 is 19.2 Å². The van der Waals surface area contributed by atoms with Gasteiger partial charge in [-0.1, -0.05) is 0 Å². The molecule has 0 aliphatic rings. The van der Waals surface area contributed by atoms with Gasteiger partial charge in [0.05, 0.1) is 25.9 Å². The van der Waals surface area contributed by atoms with Crippen molar-refractivity contribution in [2.75, 3.05) is 19.0 Å². The number of anilines is 1. The van der Waals surface area contributed by atoms with Crippen LogP contribution in [0.2, 0.25) is 0 Å². The molecule has 0 amide bonds. The number of furan rings is 1. The predicted octanol–water partition coefficient (Wildman–Crippen LogP) is 3.22. The second-order valence-electron chi connectivity index (χ2n) is 4.18. The third-order valence-corrected chi connectivity index (χ3v) is 2.74. The van der Waals surface area contributed by atoms with Crippen LogP contribution in [0.15, 0.2) is 34.7 Å². The molecule has 0 spiro atoms. The number of ether oxygens (including phenoxy) is 2. The summed E-state index contributed by atoms with van der Waals surface area (Å²) < 4.78 is 28.4. The Balaban J connectivity index is 2.06. The van der Waals surface area contributed by atoms with Crippen molar-refractivity contribution in [1.29, 1.82) is 0 Å². The van der Waals surface area contributed by atoms with E-state index < -0.39 is 5.97 Å². The van der Waals surface area contributed by atoms with Gasteiger partial charge in [-0.2, -0.15) is 0 Å². The molecule has 21 heavy (non-hydrogen) atoms. The zero-order chi connectivity index (χ0) is 15.2. The van der Waals surface area contributed by atoms with E-state index in [1.807, 2.05) is 6.92 Å². The van der Waals surface area contributed by atoms with Gasteiger partial charge in [0, 0.05) is 6.07 Å². The summed E-state index contributed by atoms with van der Waals surface area (Å²) in [6.45, 7) is 2.60. The van der Waals surface area contributed by atoms with Gasteiger partial charge in [-0.3, -0.25) is 0 Å². The van der Waals surface area contributed by atoms with Crippen molar-refractivity contribution in [3.63, 3.8) is 0 Å². The number of benzene rings is 1. The Morgan fingerprint density at radius 1 is 1.33 bits per heavy atom. The summed E-state index contributed by atoms with van der Waals surface area (Å²) in [5.74, 6) is 0.228. The molecule has 2 rings (SSSR count). The van der Waals surface area contributed by atoms with Crippen LogP contribution in [0, 0.1) is 5.82 Å². The number of hydrogen-bond donors (Lipinski definition) is 1. The number of nitrogens with one attached hydrogen (secondary N) is 1. The number of carbonyl (C=O) groups excluding carboxylic acids is 1. The van der Waals surface area contributed by atoms with Crippen LogP contribution in [0.3, 0.4) is 0 Å². The lowest BCUT2D eigenvalue weighted by Crippen LogP contribution is -2.03. The highest BCUT2D eigenvalue weighted by molar-refractivity contribution is 5.86. The van der Waals surface area contributed by atoms with Gasteiger partial charge in [0.15, 0.2) is 0 Å². The molecule has 0 radical (unpaired) electrons. The predicted molar refractivity (Wildman–Crippen MR) is 74.9 cm³/mol. The van der Waals surface area contributed by atoms with E-state index in [1.54, 1.807) is 12.1 Å². The van der Waals surface area contributed by atoms with Crippen LogP contribution in [0.25, 0.3) is 0 Å². The van der Waals surface area contributed by atoms with Crippen LogP contribution in [-0.2, 0) is 11.3 Å². The van der Waals surface area contributed by atoms with Crippen molar-refractivity contribution in [2.45, 2.75) is 13.5 Å². The topological polar surface area (TPSA) is 60.7 Å². The molecule has 0 bridgehead atoms. The summed E-state index contributed by atoms with van der Waals surface area (Å²) in [6, 6.07) is 7.45. The molecule has 1 aromatic carbocycles. The largest absolute Gasteiger partial charge is 0.492 e. The van der Waals surface area contributed by atoms with E-state index in [-0.39, 0.29) is 11.6 Å². The van der Waals surface area contributed by atoms with E-state index in [0.717, 1.165) is 0 Å². The third kappa shape index (κ3) is 3.75. The fourth-order valence-electron chi connectivity index (χ4n) is 1.78. The van der Waals surface area contributed by atoms with Gasteiger partial charge in [-0.15, -0.1) is 0 Å². The van der Waals surface area contributed by atoms with Crippen molar-refractivity contribution >= 4 is 11.7 Å². The maximum absolute atomic E-state index is 13.2. The van der Waals surface area contributed by atoms with Gasteiger partial charge in [-0.25, -0.2) is 9.18 Å². The second kappa shape index (κ2) is 6.78. The van der Waals surface area contributed by atoms with Gasteiger partial charge in [0.2, 0.25) is 5.76 Å². The average molecular weight is 293 g/mol. The lowest BCUT2D eigenvalue weighted by atomic mass is 10.2. The fraction of sp³-hybridized carbons (Fsp3) is 0.267.